The van der Waals surface area contributed by atoms with Gasteiger partial charge in [0.1, 0.15) is 5.75 Å². The summed E-state index contributed by atoms with van der Waals surface area (Å²) >= 11 is 5.82. The fourth-order valence-electron chi connectivity index (χ4n) is 1.80. The fourth-order valence-corrected chi connectivity index (χ4v) is 2.04. The number of nitrogens with one attached hydrogen (secondary N) is 1. The average molecular weight is 262 g/mol. The largest absolute Gasteiger partial charge is 0.433 e. The number of alkyl halides is 2. The third kappa shape index (κ3) is 2.85. The molecule has 17 heavy (non-hydrogen) atoms. The molecule has 1 atom stereocenters. The number of carbonyl (C=O) groups excluding carboxylic acids is 1. The van der Waals surface area contributed by atoms with E-state index in [-0.39, 0.29) is 22.6 Å². The van der Waals surface area contributed by atoms with E-state index in [1.54, 1.807) is 12.1 Å². The van der Waals surface area contributed by atoms with Gasteiger partial charge in [0.2, 0.25) is 5.91 Å². The van der Waals surface area contributed by atoms with E-state index in [4.69, 9.17) is 11.6 Å². The summed E-state index contributed by atoms with van der Waals surface area (Å²) in [6.45, 7) is -2.35. The Morgan fingerprint density at radius 1 is 1.47 bits per heavy atom. The van der Waals surface area contributed by atoms with E-state index in [0.29, 0.717) is 13.0 Å². The van der Waals surface area contributed by atoms with Gasteiger partial charge in [0.25, 0.3) is 0 Å². The molecule has 0 aliphatic carbocycles. The van der Waals surface area contributed by atoms with Crippen molar-refractivity contribution in [2.24, 2.45) is 0 Å². The first-order chi connectivity index (χ1) is 8.06. The summed E-state index contributed by atoms with van der Waals surface area (Å²) in [6, 6.07) is 4.60. The van der Waals surface area contributed by atoms with Gasteiger partial charge >= 0.3 is 6.61 Å². The van der Waals surface area contributed by atoms with Crippen molar-refractivity contribution >= 4 is 17.5 Å². The molecule has 0 spiro atoms. The number of halogens is 3. The molecule has 0 radical (unpaired) electrons. The number of rotatable bonds is 3. The Hall–Kier alpha value is -1.36. The lowest BCUT2D eigenvalue weighted by molar-refractivity contribution is -0.119. The molecule has 0 saturated carbocycles. The highest BCUT2D eigenvalue weighted by Crippen LogP contribution is 2.31. The van der Waals surface area contributed by atoms with E-state index in [9.17, 15) is 13.6 Å². The van der Waals surface area contributed by atoms with E-state index in [2.05, 4.69) is 10.1 Å². The molecule has 1 aliphatic heterocycles. The maximum Gasteiger partial charge on any atom is 0.387 e. The lowest BCUT2D eigenvalue weighted by Gasteiger charge is -2.11. The first-order valence-corrected chi connectivity index (χ1v) is 5.45. The highest BCUT2D eigenvalue weighted by Gasteiger charge is 2.23. The smallest absolute Gasteiger partial charge is 0.387 e. The zero-order valence-corrected chi connectivity index (χ0v) is 9.51. The third-order valence-electron chi connectivity index (χ3n) is 2.62. The molecule has 1 saturated heterocycles. The van der Waals surface area contributed by atoms with Gasteiger partial charge in [0, 0.05) is 18.9 Å². The predicted molar refractivity (Wildman–Crippen MR) is 58.5 cm³/mol. The van der Waals surface area contributed by atoms with Crippen molar-refractivity contribution < 1.29 is 18.3 Å². The number of benzene rings is 1. The number of hydrogen-bond acceptors (Lipinski definition) is 2. The number of hydrogen-bond donors (Lipinski definition) is 1. The summed E-state index contributed by atoms with van der Waals surface area (Å²) in [5.74, 6) is -0.0256. The molecule has 2 rings (SSSR count). The van der Waals surface area contributed by atoms with Gasteiger partial charge in [-0.15, -0.1) is 0 Å². The maximum absolute atomic E-state index is 12.0. The van der Waals surface area contributed by atoms with Crippen molar-refractivity contribution in [2.75, 3.05) is 6.54 Å². The molecule has 1 aliphatic rings. The minimum Gasteiger partial charge on any atom is -0.433 e. The van der Waals surface area contributed by atoms with Crippen LogP contribution in [0.15, 0.2) is 18.2 Å². The molecule has 3 nitrogen and oxygen atoms in total. The van der Waals surface area contributed by atoms with Crippen LogP contribution in [-0.2, 0) is 4.79 Å². The van der Waals surface area contributed by atoms with Crippen LogP contribution >= 0.6 is 11.6 Å². The van der Waals surface area contributed by atoms with Crippen LogP contribution in [0.2, 0.25) is 5.02 Å². The van der Waals surface area contributed by atoms with Crippen LogP contribution in [0.5, 0.6) is 5.75 Å². The molecule has 1 aromatic carbocycles. The molecule has 1 N–H and O–H groups in total. The third-order valence-corrected chi connectivity index (χ3v) is 2.92. The Labute approximate surface area is 102 Å². The van der Waals surface area contributed by atoms with Crippen molar-refractivity contribution in [1.29, 1.82) is 0 Å². The Balaban J connectivity index is 2.16. The molecule has 0 bridgehead atoms. The average Bonchev–Trinajstić information content (AvgIpc) is 2.67. The second-order valence-corrected chi connectivity index (χ2v) is 4.18. The normalized spacial score (nSPS) is 19.5. The summed E-state index contributed by atoms with van der Waals surface area (Å²) in [7, 11) is 0. The first kappa shape index (κ1) is 12.1. The molecule has 1 unspecified atom stereocenters. The molecule has 1 heterocycles. The summed E-state index contributed by atoms with van der Waals surface area (Å²) in [5, 5.41) is 2.83. The van der Waals surface area contributed by atoms with Crippen LogP contribution in [-0.4, -0.2) is 19.1 Å². The Morgan fingerprint density at radius 2 is 2.24 bits per heavy atom. The van der Waals surface area contributed by atoms with Crippen molar-refractivity contribution in [3.05, 3.63) is 28.8 Å². The van der Waals surface area contributed by atoms with Crippen LogP contribution in [0.25, 0.3) is 0 Å². The quantitative estimate of drug-likeness (QED) is 0.908. The number of amides is 1. The van der Waals surface area contributed by atoms with Crippen LogP contribution in [0, 0.1) is 0 Å². The van der Waals surface area contributed by atoms with Gasteiger partial charge < -0.3 is 10.1 Å². The van der Waals surface area contributed by atoms with E-state index in [0.717, 1.165) is 5.56 Å². The lowest BCUT2D eigenvalue weighted by Crippen LogP contribution is -2.13. The van der Waals surface area contributed by atoms with Crippen molar-refractivity contribution in [1.82, 2.24) is 5.32 Å². The summed E-state index contributed by atoms with van der Waals surface area (Å²) in [4.78, 5) is 11.1. The number of ether oxygens (including phenoxy) is 1. The summed E-state index contributed by atoms with van der Waals surface area (Å²) in [6.07, 6.45) is 0.394. The van der Waals surface area contributed by atoms with Crippen molar-refractivity contribution in [3.8, 4) is 5.75 Å². The molecular formula is C11H10ClF2NO2. The van der Waals surface area contributed by atoms with Gasteiger partial charge in [-0.2, -0.15) is 8.78 Å². The van der Waals surface area contributed by atoms with Crippen LogP contribution in [0.3, 0.4) is 0 Å². The Kier molecular flexibility index (Phi) is 3.47. The number of carbonyl (C=O) groups is 1. The van der Waals surface area contributed by atoms with E-state index in [1.165, 1.54) is 6.07 Å². The SMILES string of the molecule is O=C1CC(c2ccc(OC(F)F)c(Cl)c2)CN1. The molecule has 1 amide bonds. The lowest BCUT2D eigenvalue weighted by atomic mass is 9.98. The second-order valence-electron chi connectivity index (χ2n) is 3.77. The minimum absolute atomic E-state index is 0.0148. The highest BCUT2D eigenvalue weighted by molar-refractivity contribution is 6.32. The van der Waals surface area contributed by atoms with Crippen molar-refractivity contribution in [2.45, 2.75) is 19.0 Å². The van der Waals surface area contributed by atoms with Crippen LogP contribution in [0.4, 0.5) is 8.78 Å². The van der Waals surface area contributed by atoms with Crippen LogP contribution in [0.1, 0.15) is 17.9 Å². The van der Waals surface area contributed by atoms with E-state index < -0.39 is 6.61 Å². The van der Waals surface area contributed by atoms with Crippen LogP contribution < -0.4 is 10.1 Å². The Morgan fingerprint density at radius 3 is 2.76 bits per heavy atom. The molecule has 1 fully saturated rings. The monoisotopic (exact) mass is 261 g/mol. The zero-order valence-electron chi connectivity index (χ0n) is 8.75. The van der Waals surface area contributed by atoms with Gasteiger partial charge in [-0.3, -0.25) is 4.79 Å². The predicted octanol–water partition coefficient (Wildman–Crippen LogP) is 2.54. The van der Waals surface area contributed by atoms with Crippen molar-refractivity contribution in [3.63, 3.8) is 0 Å². The van der Waals surface area contributed by atoms with E-state index in [1.807, 2.05) is 0 Å². The Bertz CT molecular complexity index is 439. The summed E-state index contributed by atoms with van der Waals surface area (Å²) in [5.41, 5.74) is 0.843. The topological polar surface area (TPSA) is 38.3 Å². The summed E-state index contributed by atoms with van der Waals surface area (Å²) < 4.78 is 28.3. The zero-order chi connectivity index (χ0) is 12.4. The van der Waals surface area contributed by atoms with Gasteiger partial charge in [-0.25, -0.2) is 0 Å². The molecule has 6 heteroatoms. The fraction of sp³-hybridized carbons (Fsp3) is 0.364. The molecule has 92 valence electrons. The standard InChI is InChI=1S/C11H10ClF2NO2/c12-8-3-6(7-4-10(16)15-5-7)1-2-9(8)17-11(13)14/h1-3,7,11H,4-5H2,(H,15,16). The van der Waals surface area contributed by atoms with Gasteiger partial charge in [-0.05, 0) is 17.7 Å². The first-order valence-electron chi connectivity index (χ1n) is 5.07. The second kappa shape index (κ2) is 4.87. The van der Waals surface area contributed by atoms with Gasteiger partial charge in [0.05, 0.1) is 5.02 Å². The van der Waals surface area contributed by atoms with Gasteiger partial charge in [-0.1, -0.05) is 17.7 Å². The molecular weight excluding hydrogens is 252 g/mol. The van der Waals surface area contributed by atoms with E-state index >= 15 is 0 Å². The molecule has 0 aromatic heterocycles. The maximum atomic E-state index is 12.0. The highest BCUT2D eigenvalue weighted by atomic mass is 35.5. The minimum atomic E-state index is -2.90. The molecule has 1 aromatic rings. The van der Waals surface area contributed by atoms with Gasteiger partial charge in [0.15, 0.2) is 0 Å².